The van der Waals surface area contributed by atoms with Crippen LogP contribution in [0.1, 0.15) is 42.2 Å². The van der Waals surface area contributed by atoms with Gasteiger partial charge in [-0.2, -0.15) is 0 Å². The van der Waals surface area contributed by atoms with Crippen molar-refractivity contribution in [2.24, 2.45) is 11.7 Å². The van der Waals surface area contributed by atoms with E-state index in [0.29, 0.717) is 11.5 Å². The van der Waals surface area contributed by atoms with Gasteiger partial charge in [-0.05, 0) is 42.2 Å². The van der Waals surface area contributed by atoms with Gasteiger partial charge >= 0.3 is 0 Å². The Balaban J connectivity index is 2.17. The minimum Gasteiger partial charge on any atom is -0.378 e. The van der Waals surface area contributed by atoms with E-state index in [9.17, 15) is 4.79 Å². The van der Waals surface area contributed by atoms with Gasteiger partial charge < -0.3 is 11.1 Å². The third-order valence-electron chi connectivity index (χ3n) is 3.42. The van der Waals surface area contributed by atoms with Crippen molar-refractivity contribution >= 4 is 11.6 Å². The van der Waals surface area contributed by atoms with Crippen LogP contribution >= 0.6 is 0 Å². The summed E-state index contributed by atoms with van der Waals surface area (Å²) < 4.78 is 0. The molecule has 0 heterocycles. The summed E-state index contributed by atoms with van der Waals surface area (Å²) >= 11 is 0. The molecule has 3 N–H and O–H groups in total. The molecule has 2 rings (SSSR count). The van der Waals surface area contributed by atoms with Crippen LogP contribution in [-0.2, 0) is 0 Å². The van der Waals surface area contributed by atoms with E-state index in [1.165, 1.54) is 5.56 Å². The Kier molecular flexibility index (Phi) is 4.99. The maximum absolute atomic E-state index is 11.1. The van der Waals surface area contributed by atoms with Crippen molar-refractivity contribution in [2.75, 3.05) is 5.32 Å². The van der Waals surface area contributed by atoms with Gasteiger partial charge in [-0.25, -0.2) is 0 Å². The Hall–Kier alpha value is -2.29. The number of carbonyl (C=O) groups is 1. The van der Waals surface area contributed by atoms with E-state index in [-0.39, 0.29) is 6.04 Å². The van der Waals surface area contributed by atoms with Gasteiger partial charge in [0.2, 0.25) is 5.91 Å². The fourth-order valence-electron chi connectivity index (χ4n) is 2.37. The summed E-state index contributed by atoms with van der Waals surface area (Å²) in [5.41, 5.74) is 8.05. The van der Waals surface area contributed by atoms with Gasteiger partial charge in [0.15, 0.2) is 0 Å². The van der Waals surface area contributed by atoms with Crippen molar-refractivity contribution in [3.8, 4) is 0 Å². The molecule has 0 bridgehead atoms. The minimum atomic E-state index is -0.400. The molecule has 0 aliphatic heterocycles. The maximum atomic E-state index is 11.1. The average Bonchev–Trinajstić information content (AvgIpc) is 2.47. The Morgan fingerprint density at radius 2 is 1.67 bits per heavy atom. The largest absolute Gasteiger partial charge is 0.378 e. The number of hydrogen-bond donors (Lipinski definition) is 2. The van der Waals surface area contributed by atoms with Gasteiger partial charge in [0.05, 0.1) is 6.04 Å². The number of amides is 1. The first-order chi connectivity index (χ1) is 10.1. The lowest BCUT2D eigenvalue weighted by molar-refractivity contribution is 0.100. The number of primary amides is 1. The highest BCUT2D eigenvalue weighted by atomic mass is 16.1. The fourth-order valence-corrected chi connectivity index (χ4v) is 2.37. The SMILES string of the molecule is CC(C)CC(Nc1ccc(C(N)=O)cc1)c1ccccc1. The van der Waals surface area contributed by atoms with E-state index in [1.54, 1.807) is 12.1 Å². The van der Waals surface area contributed by atoms with E-state index in [2.05, 4.69) is 43.4 Å². The molecule has 0 saturated carbocycles. The molecule has 1 unspecified atom stereocenters. The van der Waals surface area contributed by atoms with Crippen molar-refractivity contribution in [1.82, 2.24) is 0 Å². The Morgan fingerprint density at radius 1 is 1.05 bits per heavy atom. The first kappa shape index (κ1) is 15.1. The van der Waals surface area contributed by atoms with Crippen LogP contribution in [0.3, 0.4) is 0 Å². The monoisotopic (exact) mass is 282 g/mol. The van der Waals surface area contributed by atoms with E-state index in [0.717, 1.165) is 12.1 Å². The first-order valence-corrected chi connectivity index (χ1v) is 7.27. The molecular weight excluding hydrogens is 260 g/mol. The fraction of sp³-hybridized carbons (Fsp3) is 0.278. The van der Waals surface area contributed by atoms with Gasteiger partial charge in [-0.3, -0.25) is 4.79 Å². The number of nitrogens with two attached hydrogens (primary N) is 1. The van der Waals surface area contributed by atoms with Gasteiger partial charge in [0.1, 0.15) is 0 Å². The van der Waals surface area contributed by atoms with Gasteiger partial charge in [-0.15, -0.1) is 0 Å². The highest BCUT2D eigenvalue weighted by Gasteiger charge is 2.13. The number of hydrogen-bond acceptors (Lipinski definition) is 2. The molecule has 0 fully saturated rings. The molecule has 0 radical (unpaired) electrons. The summed E-state index contributed by atoms with van der Waals surface area (Å²) in [5, 5.41) is 3.54. The van der Waals surface area contributed by atoms with E-state index < -0.39 is 5.91 Å². The van der Waals surface area contributed by atoms with Gasteiger partial charge in [0.25, 0.3) is 0 Å². The normalized spacial score (nSPS) is 12.1. The zero-order valence-corrected chi connectivity index (χ0v) is 12.5. The predicted octanol–water partition coefficient (Wildman–Crippen LogP) is 3.98. The Morgan fingerprint density at radius 3 is 2.19 bits per heavy atom. The predicted molar refractivity (Wildman–Crippen MR) is 87.2 cm³/mol. The third kappa shape index (κ3) is 4.35. The van der Waals surface area contributed by atoms with Crippen LogP contribution in [0.2, 0.25) is 0 Å². The van der Waals surface area contributed by atoms with Crippen LogP contribution in [0.15, 0.2) is 54.6 Å². The quantitative estimate of drug-likeness (QED) is 0.841. The molecule has 0 saturated heterocycles. The molecule has 1 atom stereocenters. The smallest absolute Gasteiger partial charge is 0.248 e. The van der Waals surface area contributed by atoms with Crippen molar-refractivity contribution in [3.63, 3.8) is 0 Å². The number of carbonyl (C=O) groups excluding carboxylic acids is 1. The lowest BCUT2D eigenvalue weighted by atomic mass is 9.96. The maximum Gasteiger partial charge on any atom is 0.248 e. The molecule has 0 spiro atoms. The Labute approximate surface area is 126 Å². The summed E-state index contributed by atoms with van der Waals surface area (Å²) in [6, 6.07) is 18.0. The minimum absolute atomic E-state index is 0.255. The number of benzene rings is 2. The number of rotatable bonds is 6. The molecular formula is C18H22N2O. The van der Waals surface area contributed by atoms with E-state index in [4.69, 9.17) is 5.73 Å². The zero-order chi connectivity index (χ0) is 15.2. The van der Waals surface area contributed by atoms with Crippen molar-refractivity contribution < 1.29 is 4.79 Å². The van der Waals surface area contributed by atoms with Crippen LogP contribution in [0.4, 0.5) is 5.69 Å². The van der Waals surface area contributed by atoms with Crippen molar-refractivity contribution in [3.05, 3.63) is 65.7 Å². The summed E-state index contributed by atoms with van der Waals surface area (Å²) in [5.74, 6) is 0.191. The lowest BCUT2D eigenvalue weighted by Crippen LogP contribution is -2.14. The summed E-state index contributed by atoms with van der Waals surface area (Å²) in [6.07, 6.45) is 1.04. The number of anilines is 1. The third-order valence-corrected chi connectivity index (χ3v) is 3.42. The topological polar surface area (TPSA) is 55.1 Å². The zero-order valence-electron chi connectivity index (χ0n) is 12.5. The summed E-state index contributed by atoms with van der Waals surface area (Å²) in [4.78, 5) is 11.1. The van der Waals surface area contributed by atoms with Gasteiger partial charge in [-0.1, -0.05) is 44.2 Å². The molecule has 21 heavy (non-hydrogen) atoms. The molecule has 110 valence electrons. The molecule has 0 aliphatic carbocycles. The van der Waals surface area contributed by atoms with Crippen LogP contribution < -0.4 is 11.1 Å². The van der Waals surface area contributed by atoms with Crippen LogP contribution in [0, 0.1) is 5.92 Å². The molecule has 2 aromatic carbocycles. The van der Waals surface area contributed by atoms with E-state index in [1.807, 2.05) is 18.2 Å². The molecule has 1 amide bonds. The highest BCUT2D eigenvalue weighted by Crippen LogP contribution is 2.26. The van der Waals surface area contributed by atoms with Crippen LogP contribution in [-0.4, -0.2) is 5.91 Å². The van der Waals surface area contributed by atoms with Crippen LogP contribution in [0.25, 0.3) is 0 Å². The molecule has 3 nitrogen and oxygen atoms in total. The molecule has 3 heteroatoms. The summed E-state index contributed by atoms with van der Waals surface area (Å²) in [7, 11) is 0. The number of nitrogens with one attached hydrogen (secondary N) is 1. The first-order valence-electron chi connectivity index (χ1n) is 7.27. The molecule has 0 aromatic heterocycles. The molecule has 0 aliphatic rings. The Bertz CT molecular complexity index is 576. The van der Waals surface area contributed by atoms with Crippen molar-refractivity contribution in [2.45, 2.75) is 26.3 Å². The standard InChI is InChI=1S/C18H22N2O/c1-13(2)12-17(14-6-4-3-5-7-14)20-16-10-8-15(9-11-16)18(19)21/h3-11,13,17,20H,12H2,1-2H3,(H2,19,21). The summed E-state index contributed by atoms with van der Waals surface area (Å²) in [6.45, 7) is 4.43. The van der Waals surface area contributed by atoms with Gasteiger partial charge in [0, 0.05) is 11.3 Å². The van der Waals surface area contributed by atoms with E-state index >= 15 is 0 Å². The highest BCUT2D eigenvalue weighted by molar-refractivity contribution is 5.93. The average molecular weight is 282 g/mol. The molecule has 2 aromatic rings. The second kappa shape index (κ2) is 6.93. The van der Waals surface area contributed by atoms with Crippen molar-refractivity contribution in [1.29, 1.82) is 0 Å². The lowest BCUT2D eigenvalue weighted by Gasteiger charge is -2.22. The second-order valence-electron chi connectivity index (χ2n) is 5.68. The van der Waals surface area contributed by atoms with Crippen LogP contribution in [0.5, 0.6) is 0 Å². The second-order valence-corrected chi connectivity index (χ2v) is 5.68.